The highest BCUT2D eigenvalue weighted by Crippen LogP contribution is 2.59. The van der Waals surface area contributed by atoms with Crippen LogP contribution in [0.1, 0.15) is 30.5 Å². The molecule has 0 amide bonds. The third kappa shape index (κ3) is 5.44. The molecule has 2 aromatic heterocycles. The van der Waals surface area contributed by atoms with Gasteiger partial charge in [-0.1, -0.05) is 159 Å². The van der Waals surface area contributed by atoms with Crippen molar-refractivity contribution in [2.75, 3.05) is 0 Å². The topological polar surface area (TPSA) is 38.0 Å². The number of benzene rings is 8. The number of hydrogen-bond donors (Lipinski definition) is 0. The van der Waals surface area contributed by atoms with E-state index < -0.39 is 5.41 Å². The standard InChI is InChI=1S/C57H38N4/c1-57(2)53-45(32-34-47-51(53)49(38-16-8-4-9-17-38)55(40-20-12-6-13-21-40)60(47)43-28-24-37(36-58)25-29-43)46-33-35-48-52(54(46)57)50(39-18-10-5-11-19-39)56(41-22-14-7-15-23-41)61(48)44-30-26-42(59-3)27-31-44/h4-35H,1-2H3. The Kier molecular flexibility index (Phi) is 8.24. The summed E-state index contributed by atoms with van der Waals surface area (Å²) in [7, 11) is 0. The average molecular weight is 779 g/mol. The van der Waals surface area contributed by atoms with Gasteiger partial charge >= 0.3 is 0 Å². The van der Waals surface area contributed by atoms with Crippen LogP contribution in [0.25, 0.3) is 93.9 Å². The molecule has 0 radical (unpaired) electrons. The smallest absolute Gasteiger partial charge is 0.187 e. The molecule has 1 aliphatic carbocycles. The lowest BCUT2D eigenvalue weighted by atomic mass is 9.77. The normalized spacial score (nSPS) is 12.5. The van der Waals surface area contributed by atoms with E-state index in [2.05, 4.69) is 204 Å². The van der Waals surface area contributed by atoms with Crippen LogP contribution in [0, 0.1) is 17.9 Å². The number of fused-ring (bicyclic) bond motifs is 7. The van der Waals surface area contributed by atoms with Crippen molar-refractivity contribution in [2.24, 2.45) is 0 Å². The van der Waals surface area contributed by atoms with Gasteiger partial charge in [-0.3, -0.25) is 0 Å². The Bertz CT molecular complexity index is 3170. The summed E-state index contributed by atoms with van der Waals surface area (Å²) in [4.78, 5) is 3.72. The fourth-order valence-corrected chi connectivity index (χ4v) is 10.0. The van der Waals surface area contributed by atoms with Crippen LogP contribution < -0.4 is 0 Å². The van der Waals surface area contributed by atoms with Gasteiger partial charge in [-0.25, -0.2) is 4.85 Å². The zero-order valence-electron chi connectivity index (χ0n) is 33.8. The summed E-state index contributed by atoms with van der Waals surface area (Å²) in [6.07, 6.45) is 0. The lowest BCUT2D eigenvalue weighted by Gasteiger charge is -2.25. The summed E-state index contributed by atoms with van der Waals surface area (Å²) < 4.78 is 4.80. The van der Waals surface area contributed by atoms with E-state index in [-0.39, 0.29) is 0 Å². The van der Waals surface area contributed by atoms with Gasteiger partial charge < -0.3 is 9.13 Å². The quantitative estimate of drug-likeness (QED) is 0.155. The maximum atomic E-state index is 9.77. The van der Waals surface area contributed by atoms with Crippen LogP contribution in [0.2, 0.25) is 0 Å². The van der Waals surface area contributed by atoms with Crippen molar-refractivity contribution in [1.82, 2.24) is 9.13 Å². The van der Waals surface area contributed by atoms with Crippen molar-refractivity contribution in [3.05, 3.63) is 222 Å². The third-order valence-corrected chi connectivity index (χ3v) is 12.5. The molecule has 0 fully saturated rings. The molecule has 0 bridgehead atoms. The molecule has 0 N–H and O–H groups in total. The molecule has 11 rings (SSSR count). The highest BCUT2D eigenvalue weighted by atomic mass is 15.0. The lowest BCUT2D eigenvalue weighted by Crippen LogP contribution is -2.16. The van der Waals surface area contributed by atoms with Gasteiger partial charge in [0, 0.05) is 38.7 Å². The maximum Gasteiger partial charge on any atom is 0.187 e. The third-order valence-electron chi connectivity index (χ3n) is 12.5. The minimum absolute atomic E-state index is 0.463. The first kappa shape index (κ1) is 35.9. The molecule has 0 saturated heterocycles. The summed E-state index contributed by atoms with van der Waals surface area (Å²) in [5.74, 6) is 0. The average Bonchev–Trinajstić information content (AvgIpc) is 3.93. The molecule has 286 valence electrons. The first-order valence-corrected chi connectivity index (χ1v) is 20.6. The molecule has 0 saturated carbocycles. The van der Waals surface area contributed by atoms with Gasteiger partial charge in [-0.05, 0) is 93.0 Å². The van der Waals surface area contributed by atoms with E-state index in [4.69, 9.17) is 6.57 Å². The number of nitrogens with zero attached hydrogens (tertiary/aromatic N) is 4. The van der Waals surface area contributed by atoms with Crippen LogP contribution in [-0.4, -0.2) is 9.13 Å². The molecule has 61 heavy (non-hydrogen) atoms. The van der Waals surface area contributed by atoms with Crippen molar-refractivity contribution in [3.63, 3.8) is 0 Å². The molecule has 8 aromatic carbocycles. The summed E-state index contributed by atoms with van der Waals surface area (Å²) >= 11 is 0. The molecular formula is C57H38N4. The fraction of sp³-hybridized carbons (Fsp3) is 0.0526. The Balaban J connectivity index is 1.30. The molecule has 4 heteroatoms. The number of rotatable bonds is 6. The Labute approximate surface area is 355 Å². The van der Waals surface area contributed by atoms with Crippen LogP contribution in [0.4, 0.5) is 5.69 Å². The van der Waals surface area contributed by atoms with E-state index in [1.54, 1.807) is 0 Å². The van der Waals surface area contributed by atoms with Gasteiger partial charge in [0.2, 0.25) is 0 Å². The Hall–Kier alpha value is -8.18. The van der Waals surface area contributed by atoms with Gasteiger partial charge in [-0.2, -0.15) is 5.26 Å². The highest BCUT2D eigenvalue weighted by molar-refractivity contribution is 6.16. The monoisotopic (exact) mass is 778 g/mol. The Morgan fingerprint density at radius 2 is 0.836 bits per heavy atom. The Morgan fingerprint density at radius 1 is 0.459 bits per heavy atom. The molecular weight excluding hydrogens is 741 g/mol. The van der Waals surface area contributed by atoms with Crippen molar-refractivity contribution >= 4 is 27.5 Å². The number of aromatic nitrogens is 2. The van der Waals surface area contributed by atoms with Crippen molar-refractivity contribution in [3.8, 4) is 73.3 Å². The van der Waals surface area contributed by atoms with Crippen molar-refractivity contribution in [1.29, 1.82) is 5.26 Å². The van der Waals surface area contributed by atoms with Crippen LogP contribution in [0.5, 0.6) is 0 Å². The molecule has 10 aromatic rings. The summed E-state index contributed by atoms with van der Waals surface area (Å²) in [6.45, 7) is 12.5. The molecule has 2 heterocycles. The van der Waals surface area contributed by atoms with Crippen LogP contribution >= 0.6 is 0 Å². The predicted molar refractivity (Wildman–Crippen MR) is 250 cm³/mol. The van der Waals surface area contributed by atoms with Gasteiger partial charge in [0.1, 0.15) is 0 Å². The number of nitriles is 1. The molecule has 0 spiro atoms. The van der Waals surface area contributed by atoms with E-state index in [0.717, 1.165) is 56.0 Å². The minimum Gasteiger partial charge on any atom is -0.309 e. The molecule has 0 atom stereocenters. The maximum absolute atomic E-state index is 9.77. The highest BCUT2D eigenvalue weighted by Gasteiger charge is 2.42. The lowest BCUT2D eigenvalue weighted by molar-refractivity contribution is 0.672. The minimum atomic E-state index is -0.463. The summed E-state index contributed by atoms with van der Waals surface area (Å²) in [6, 6.07) is 70.6. The molecule has 4 nitrogen and oxygen atoms in total. The summed E-state index contributed by atoms with van der Waals surface area (Å²) in [5.41, 5.74) is 19.2. The number of hydrogen-bond acceptors (Lipinski definition) is 1. The predicted octanol–water partition coefficient (Wildman–Crippen LogP) is 15.0. The first-order valence-electron chi connectivity index (χ1n) is 20.6. The molecule has 1 aliphatic rings. The van der Waals surface area contributed by atoms with Crippen LogP contribution in [-0.2, 0) is 5.41 Å². The van der Waals surface area contributed by atoms with Crippen LogP contribution in [0.3, 0.4) is 0 Å². The zero-order chi connectivity index (χ0) is 41.2. The Morgan fingerprint density at radius 3 is 1.21 bits per heavy atom. The van der Waals surface area contributed by atoms with E-state index >= 15 is 0 Å². The second kappa shape index (κ2) is 14.0. The van der Waals surface area contributed by atoms with Crippen LogP contribution in [0.15, 0.2) is 194 Å². The van der Waals surface area contributed by atoms with Gasteiger partial charge in [0.15, 0.2) is 5.69 Å². The second-order valence-corrected chi connectivity index (χ2v) is 16.3. The van der Waals surface area contributed by atoms with Gasteiger partial charge in [-0.15, -0.1) is 0 Å². The van der Waals surface area contributed by atoms with Gasteiger partial charge in [0.05, 0.1) is 40.6 Å². The van der Waals surface area contributed by atoms with E-state index in [1.165, 1.54) is 44.2 Å². The van der Waals surface area contributed by atoms with Crippen molar-refractivity contribution in [2.45, 2.75) is 19.3 Å². The first-order chi connectivity index (χ1) is 30.0. The molecule has 0 unspecified atom stereocenters. The van der Waals surface area contributed by atoms with E-state index in [0.29, 0.717) is 11.3 Å². The largest absolute Gasteiger partial charge is 0.309 e. The summed E-state index contributed by atoms with van der Waals surface area (Å²) in [5, 5.41) is 12.2. The molecule has 0 aliphatic heterocycles. The van der Waals surface area contributed by atoms with E-state index in [9.17, 15) is 5.26 Å². The van der Waals surface area contributed by atoms with Crippen molar-refractivity contribution < 1.29 is 0 Å². The SMILES string of the molecule is [C-]#[N+]c1ccc(-n2c(-c3ccccc3)c(-c3ccccc3)c3c4c(ccc32)-c2ccc3c(c(-c5ccccc5)c(-c5ccccc5)n3-c3ccc(C#N)cc3)c2C4(C)C)cc1. The zero-order valence-corrected chi connectivity index (χ0v) is 33.8. The second-order valence-electron chi connectivity index (χ2n) is 16.3. The fourth-order valence-electron chi connectivity index (χ4n) is 10.0. The van der Waals surface area contributed by atoms with Gasteiger partial charge in [0.25, 0.3) is 0 Å². The van der Waals surface area contributed by atoms with E-state index in [1.807, 2.05) is 24.3 Å².